The smallest absolute Gasteiger partial charge is 0.0652 e. The Bertz CT molecular complexity index is 50.3. The topological polar surface area (TPSA) is 0 Å². The third kappa shape index (κ3) is 3.36. The Morgan fingerprint density at radius 2 is 1.88 bits per heavy atom. The zero-order chi connectivity index (χ0) is 6.57. The summed E-state index contributed by atoms with van der Waals surface area (Å²) in [6, 6.07) is 0. The first-order chi connectivity index (χ1) is 3.68. The average molecular weight is 133 g/mol. The van der Waals surface area contributed by atoms with E-state index in [1.807, 2.05) is 0 Å². The van der Waals surface area contributed by atoms with Gasteiger partial charge in [0.2, 0.25) is 0 Å². The molecule has 0 bridgehead atoms. The van der Waals surface area contributed by atoms with E-state index in [1.165, 1.54) is 12.8 Å². The summed E-state index contributed by atoms with van der Waals surface area (Å²) in [4.78, 5) is 0. The summed E-state index contributed by atoms with van der Waals surface area (Å²) in [6.07, 6.45) is 7.38. The molecular formula is C7H17S+. The van der Waals surface area contributed by atoms with Gasteiger partial charge in [0.05, 0.1) is 12.5 Å². The molecule has 0 N–H and O–H groups in total. The first-order valence-electron chi connectivity index (χ1n) is 3.24. The monoisotopic (exact) mass is 133 g/mol. The van der Waals surface area contributed by atoms with Crippen molar-refractivity contribution < 1.29 is 0 Å². The highest BCUT2D eigenvalue weighted by molar-refractivity contribution is 7.96. The van der Waals surface area contributed by atoms with Crippen LogP contribution in [0.25, 0.3) is 0 Å². The Morgan fingerprint density at radius 1 is 1.38 bits per heavy atom. The van der Waals surface area contributed by atoms with Gasteiger partial charge in [-0.1, -0.05) is 13.3 Å². The van der Waals surface area contributed by atoms with E-state index < -0.39 is 0 Å². The average Bonchev–Trinajstić information content (AvgIpc) is 1.67. The zero-order valence-corrected chi connectivity index (χ0v) is 7.22. The molecule has 0 aliphatic carbocycles. The van der Waals surface area contributed by atoms with E-state index in [1.54, 1.807) is 0 Å². The van der Waals surface area contributed by atoms with Crippen LogP contribution in [0.5, 0.6) is 0 Å². The predicted molar refractivity (Wildman–Crippen MR) is 43.6 cm³/mol. The fourth-order valence-electron chi connectivity index (χ4n) is 0.642. The van der Waals surface area contributed by atoms with Crippen molar-refractivity contribution in [3.8, 4) is 0 Å². The lowest BCUT2D eigenvalue weighted by molar-refractivity contribution is 0.784. The molecule has 0 fully saturated rings. The highest BCUT2D eigenvalue weighted by Gasteiger charge is 2.12. The van der Waals surface area contributed by atoms with Crippen molar-refractivity contribution in [1.82, 2.24) is 0 Å². The van der Waals surface area contributed by atoms with Gasteiger partial charge in [0, 0.05) is 0 Å². The van der Waals surface area contributed by atoms with Gasteiger partial charge in [-0.05, 0) is 24.2 Å². The van der Waals surface area contributed by atoms with Crippen molar-refractivity contribution in [2.24, 2.45) is 0 Å². The van der Waals surface area contributed by atoms with Gasteiger partial charge in [0.25, 0.3) is 0 Å². The van der Waals surface area contributed by atoms with E-state index in [4.69, 9.17) is 0 Å². The Morgan fingerprint density at radius 3 is 2.00 bits per heavy atom. The molecule has 0 aromatic heterocycles. The van der Waals surface area contributed by atoms with Gasteiger partial charge in [-0.2, -0.15) is 0 Å². The van der Waals surface area contributed by atoms with Crippen LogP contribution in [-0.2, 0) is 10.9 Å². The summed E-state index contributed by atoms with van der Waals surface area (Å²) in [5.74, 6) is 0. The van der Waals surface area contributed by atoms with E-state index in [-0.39, 0.29) is 0 Å². The second-order valence-electron chi connectivity index (χ2n) is 2.48. The molecule has 0 radical (unpaired) electrons. The summed E-state index contributed by atoms with van der Waals surface area (Å²) >= 11 is 0. The number of hydrogen-bond donors (Lipinski definition) is 0. The normalized spacial score (nSPS) is 14.6. The van der Waals surface area contributed by atoms with Crippen LogP contribution >= 0.6 is 0 Å². The molecule has 0 saturated carbocycles. The molecule has 0 heterocycles. The third-order valence-electron chi connectivity index (χ3n) is 1.50. The molecule has 0 aliphatic rings. The fraction of sp³-hybridized carbons (Fsp3) is 1.00. The molecular weight excluding hydrogens is 116 g/mol. The zero-order valence-electron chi connectivity index (χ0n) is 6.40. The molecule has 0 nitrogen and oxygen atoms in total. The molecule has 0 spiro atoms. The SMILES string of the molecule is CCCC(C)[S+](C)C. The van der Waals surface area contributed by atoms with Gasteiger partial charge in [-0.3, -0.25) is 0 Å². The van der Waals surface area contributed by atoms with Crippen LogP contribution in [-0.4, -0.2) is 17.8 Å². The van der Waals surface area contributed by atoms with Crippen molar-refractivity contribution >= 4 is 10.9 Å². The van der Waals surface area contributed by atoms with Crippen LogP contribution in [0.3, 0.4) is 0 Å². The first-order valence-corrected chi connectivity index (χ1v) is 5.35. The van der Waals surface area contributed by atoms with Crippen LogP contribution < -0.4 is 0 Å². The quantitative estimate of drug-likeness (QED) is 0.517. The molecule has 0 amide bonds. The van der Waals surface area contributed by atoms with Crippen LogP contribution in [0, 0.1) is 0 Å². The molecule has 8 heavy (non-hydrogen) atoms. The molecule has 0 rings (SSSR count). The van der Waals surface area contributed by atoms with Crippen molar-refractivity contribution in [3.63, 3.8) is 0 Å². The lowest BCUT2D eigenvalue weighted by atomic mass is 10.3. The summed E-state index contributed by atoms with van der Waals surface area (Å²) < 4.78 is 0. The number of rotatable bonds is 3. The molecule has 0 aliphatic heterocycles. The van der Waals surface area contributed by atoms with Crippen LogP contribution in [0.4, 0.5) is 0 Å². The van der Waals surface area contributed by atoms with Crippen LogP contribution in [0.1, 0.15) is 26.7 Å². The molecule has 50 valence electrons. The van der Waals surface area contributed by atoms with E-state index in [0.29, 0.717) is 10.9 Å². The maximum Gasteiger partial charge on any atom is 0.114 e. The van der Waals surface area contributed by atoms with E-state index >= 15 is 0 Å². The molecule has 1 unspecified atom stereocenters. The Hall–Kier alpha value is 0.350. The molecule has 0 aromatic carbocycles. The highest BCUT2D eigenvalue weighted by Crippen LogP contribution is 2.05. The van der Waals surface area contributed by atoms with Crippen molar-refractivity contribution in [1.29, 1.82) is 0 Å². The Balaban J connectivity index is 3.17. The maximum atomic E-state index is 2.34. The maximum absolute atomic E-state index is 2.34. The fourth-order valence-corrected chi connectivity index (χ4v) is 1.35. The predicted octanol–water partition coefficient (Wildman–Crippen LogP) is 2.05. The lowest BCUT2D eigenvalue weighted by Crippen LogP contribution is -2.13. The number of hydrogen-bond acceptors (Lipinski definition) is 0. The Kier molecular flexibility index (Phi) is 4.44. The molecule has 1 atom stereocenters. The van der Waals surface area contributed by atoms with Gasteiger partial charge in [0.1, 0.15) is 5.25 Å². The van der Waals surface area contributed by atoms with Crippen molar-refractivity contribution in [2.75, 3.05) is 12.5 Å². The standard InChI is InChI=1S/C7H17S/c1-5-6-7(2)8(3)4/h7H,5-6H2,1-4H3/q+1. The lowest BCUT2D eigenvalue weighted by Gasteiger charge is -2.04. The minimum absolute atomic E-state index is 0.640. The van der Waals surface area contributed by atoms with Crippen molar-refractivity contribution in [3.05, 3.63) is 0 Å². The van der Waals surface area contributed by atoms with E-state index in [2.05, 4.69) is 26.4 Å². The molecule has 0 saturated heterocycles. The van der Waals surface area contributed by atoms with E-state index in [0.717, 1.165) is 5.25 Å². The summed E-state index contributed by atoms with van der Waals surface area (Å²) in [6.45, 7) is 4.59. The molecule has 0 aromatic rings. The van der Waals surface area contributed by atoms with E-state index in [9.17, 15) is 0 Å². The first kappa shape index (κ1) is 8.35. The highest BCUT2D eigenvalue weighted by atomic mass is 32.2. The van der Waals surface area contributed by atoms with Crippen molar-refractivity contribution in [2.45, 2.75) is 31.9 Å². The largest absolute Gasteiger partial charge is 0.114 e. The third-order valence-corrected chi connectivity index (χ3v) is 3.35. The van der Waals surface area contributed by atoms with Crippen LogP contribution in [0.2, 0.25) is 0 Å². The minimum Gasteiger partial charge on any atom is -0.0652 e. The Labute approximate surface area is 56.0 Å². The van der Waals surface area contributed by atoms with Gasteiger partial charge >= 0.3 is 0 Å². The summed E-state index contributed by atoms with van der Waals surface area (Å²) in [7, 11) is 0.640. The summed E-state index contributed by atoms with van der Waals surface area (Å²) in [5, 5.41) is 0.944. The van der Waals surface area contributed by atoms with Gasteiger partial charge in [-0.25, -0.2) is 0 Å². The minimum atomic E-state index is 0.640. The molecule has 1 heteroatoms. The summed E-state index contributed by atoms with van der Waals surface area (Å²) in [5.41, 5.74) is 0. The van der Waals surface area contributed by atoms with Gasteiger partial charge in [-0.15, -0.1) is 0 Å². The second kappa shape index (κ2) is 4.25. The van der Waals surface area contributed by atoms with Crippen LogP contribution in [0.15, 0.2) is 0 Å². The van der Waals surface area contributed by atoms with Gasteiger partial charge < -0.3 is 0 Å². The van der Waals surface area contributed by atoms with Gasteiger partial charge in [0.15, 0.2) is 0 Å². The second-order valence-corrected chi connectivity index (χ2v) is 5.04.